The van der Waals surface area contributed by atoms with Crippen LogP contribution in [-0.2, 0) is 0 Å². The summed E-state index contributed by atoms with van der Waals surface area (Å²) in [5, 5.41) is 6.87. The lowest BCUT2D eigenvalue weighted by Gasteiger charge is -2.14. The van der Waals surface area contributed by atoms with Gasteiger partial charge in [-0.1, -0.05) is 18.6 Å². The number of benzene rings is 1. The lowest BCUT2D eigenvalue weighted by Crippen LogP contribution is -2.21. The highest BCUT2D eigenvalue weighted by molar-refractivity contribution is 9.10. The van der Waals surface area contributed by atoms with Gasteiger partial charge in [0.1, 0.15) is 17.4 Å². The van der Waals surface area contributed by atoms with Gasteiger partial charge in [0.05, 0.1) is 0 Å². The molecule has 1 N–H and O–H groups in total. The average molecular weight is 364 g/mol. The van der Waals surface area contributed by atoms with Crippen molar-refractivity contribution >= 4 is 38.2 Å². The monoisotopic (exact) mass is 363 g/mol. The normalized spacial score (nSPS) is 12.9. The summed E-state index contributed by atoms with van der Waals surface area (Å²) in [4.78, 5) is 1.27. The number of furan rings is 1. The third kappa shape index (κ3) is 3.23. The van der Waals surface area contributed by atoms with E-state index in [1.165, 1.54) is 15.8 Å². The summed E-state index contributed by atoms with van der Waals surface area (Å²) >= 11 is 5.28. The van der Waals surface area contributed by atoms with E-state index in [0.717, 1.165) is 28.8 Å². The Morgan fingerprint density at radius 3 is 2.86 bits per heavy atom. The van der Waals surface area contributed by atoms with E-state index in [4.69, 9.17) is 4.42 Å². The second-order valence-corrected chi connectivity index (χ2v) is 7.10. The van der Waals surface area contributed by atoms with Crippen LogP contribution in [0.15, 0.2) is 44.6 Å². The maximum absolute atomic E-state index is 6.07. The molecule has 0 aliphatic rings. The van der Waals surface area contributed by atoms with Gasteiger partial charge in [-0.15, -0.1) is 11.3 Å². The van der Waals surface area contributed by atoms with Crippen molar-refractivity contribution in [3.05, 3.63) is 56.4 Å². The molecule has 0 amide bonds. The molecule has 0 saturated heterocycles. The lowest BCUT2D eigenvalue weighted by atomic mass is 10.1. The minimum absolute atomic E-state index is 0.119. The molecule has 2 aromatic heterocycles. The molecule has 0 spiro atoms. The van der Waals surface area contributed by atoms with Gasteiger partial charge in [0, 0.05) is 20.1 Å². The van der Waals surface area contributed by atoms with Crippen LogP contribution in [0.25, 0.3) is 11.0 Å². The molecule has 3 aromatic rings. The van der Waals surface area contributed by atoms with Crippen LogP contribution < -0.4 is 5.32 Å². The summed E-state index contributed by atoms with van der Waals surface area (Å²) in [5.74, 6) is 0.985. The standard InChI is InChI=1S/C17H18BrNOS/c1-3-6-19-17(16-9-13(18)10-21-16)15-8-12-7-11(2)4-5-14(12)20-15/h4-5,7-10,17,19H,3,6H2,1-2H3. The van der Waals surface area contributed by atoms with Crippen LogP contribution in [0.5, 0.6) is 0 Å². The second kappa shape index (κ2) is 6.34. The van der Waals surface area contributed by atoms with Crippen molar-refractivity contribution in [2.24, 2.45) is 0 Å². The minimum atomic E-state index is 0.119. The molecule has 3 rings (SSSR count). The number of hydrogen-bond acceptors (Lipinski definition) is 3. The molecule has 0 bridgehead atoms. The first-order chi connectivity index (χ1) is 10.2. The van der Waals surface area contributed by atoms with Gasteiger partial charge in [-0.25, -0.2) is 0 Å². The molecule has 1 aromatic carbocycles. The van der Waals surface area contributed by atoms with E-state index < -0.39 is 0 Å². The second-order valence-electron chi connectivity index (χ2n) is 5.24. The summed E-state index contributed by atoms with van der Waals surface area (Å²) < 4.78 is 7.20. The van der Waals surface area contributed by atoms with Gasteiger partial charge in [0.2, 0.25) is 0 Å². The number of rotatable bonds is 5. The lowest BCUT2D eigenvalue weighted by molar-refractivity contribution is 0.473. The van der Waals surface area contributed by atoms with Gasteiger partial charge in [-0.3, -0.25) is 0 Å². The van der Waals surface area contributed by atoms with E-state index in [1.807, 2.05) is 0 Å². The fraction of sp³-hybridized carbons (Fsp3) is 0.294. The Hall–Kier alpha value is -1.10. The van der Waals surface area contributed by atoms with Crippen molar-refractivity contribution in [2.75, 3.05) is 6.54 Å². The molecule has 1 unspecified atom stereocenters. The average Bonchev–Trinajstić information content (AvgIpc) is 3.05. The molecular weight excluding hydrogens is 346 g/mol. The van der Waals surface area contributed by atoms with Crippen LogP contribution in [0, 0.1) is 6.92 Å². The van der Waals surface area contributed by atoms with E-state index in [1.54, 1.807) is 11.3 Å². The Kier molecular flexibility index (Phi) is 4.48. The van der Waals surface area contributed by atoms with Gasteiger partial charge in [0.15, 0.2) is 0 Å². The zero-order chi connectivity index (χ0) is 14.8. The van der Waals surface area contributed by atoms with Gasteiger partial charge in [-0.2, -0.15) is 0 Å². The molecule has 0 radical (unpaired) electrons. The predicted octanol–water partition coefficient (Wildman–Crippen LogP) is 5.65. The Balaban J connectivity index is 2.00. The molecule has 0 saturated carbocycles. The van der Waals surface area contributed by atoms with Crippen molar-refractivity contribution in [2.45, 2.75) is 26.3 Å². The van der Waals surface area contributed by atoms with E-state index >= 15 is 0 Å². The number of aryl methyl sites for hydroxylation is 1. The topological polar surface area (TPSA) is 25.2 Å². The summed E-state index contributed by atoms with van der Waals surface area (Å²) in [6.07, 6.45) is 1.10. The molecule has 0 aliphatic heterocycles. The molecule has 0 aliphatic carbocycles. The van der Waals surface area contributed by atoms with Crippen LogP contribution in [-0.4, -0.2) is 6.54 Å². The number of hydrogen-bond donors (Lipinski definition) is 1. The molecule has 2 nitrogen and oxygen atoms in total. The Labute approximate surface area is 137 Å². The maximum Gasteiger partial charge on any atom is 0.134 e. The summed E-state index contributed by atoms with van der Waals surface area (Å²) in [6.45, 7) is 5.25. The van der Waals surface area contributed by atoms with Crippen molar-refractivity contribution in [1.29, 1.82) is 0 Å². The van der Waals surface area contributed by atoms with Crippen molar-refractivity contribution in [3.63, 3.8) is 0 Å². The minimum Gasteiger partial charge on any atom is -0.459 e. The Morgan fingerprint density at radius 1 is 1.29 bits per heavy atom. The van der Waals surface area contributed by atoms with Crippen LogP contribution in [0.2, 0.25) is 0 Å². The van der Waals surface area contributed by atoms with Crippen LogP contribution >= 0.6 is 27.3 Å². The Morgan fingerprint density at radius 2 is 2.14 bits per heavy atom. The summed E-state index contributed by atoms with van der Waals surface area (Å²) in [6, 6.07) is 10.7. The smallest absolute Gasteiger partial charge is 0.134 e. The number of halogens is 1. The first kappa shape index (κ1) is 14.8. The molecule has 110 valence electrons. The van der Waals surface area contributed by atoms with Crippen LogP contribution in [0.1, 0.15) is 35.6 Å². The molecule has 0 fully saturated rings. The highest BCUT2D eigenvalue weighted by Gasteiger charge is 2.19. The molecular formula is C17H18BrNOS. The first-order valence-corrected chi connectivity index (χ1v) is 8.82. The van der Waals surface area contributed by atoms with Crippen molar-refractivity contribution in [3.8, 4) is 0 Å². The highest BCUT2D eigenvalue weighted by atomic mass is 79.9. The summed E-state index contributed by atoms with van der Waals surface area (Å²) in [5.41, 5.74) is 2.21. The van der Waals surface area contributed by atoms with Crippen molar-refractivity contribution in [1.82, 2.24) is 5.32 Å². The molecule has 2 heterocycles. The van der Waals surface area contributed by atoms with Crippen LogP contribution in [0.4, 0.5) is 0 Å². The van der Waals surface area contributed by atoms with Crippen LogP contribution in [0.3, 0.4) is 0 Å². The first-order valence-electron chi connectivity index (χ1n) is 7.15. The largest absolute Gasteiger partial charge is 0.459 e. The van der Waals surface area contributed by atoms with E-state index in [9.17, 15) is 0 Å². The highest BCUT2D eigenvalue weighted by Crippen LogP contribution is 2.33. The number of thiophene rings is 1. The number of nitrogens with one attached hydrogen (secondary N) is 1. The van der Waals surface area contributed by atoms with E-state index in [2.05, 4.69) is 70.8 Å². The SMILES string of the molecule is CCCNC(c1cc2cc(C)ccc2o1)c1cc(Br)cs1. The van der Waals surface area contributed by atoms with E-state index in [-0.39, 0.29) is 6.04 Å². The molecule has 4 heteroatoms. The molecule has 1 atom stereocenters. The van der Waals surface area contributed by atoms with E-state index in [0.29, 0.717) is 0 Å². The maximum atomic E-state index is 6.07. The molecule has 21 heavy (non-hydrogen) atoms. The van der Waals surface area contributed by atoms with Gasteiger partial charge >= 0.3 is 0 Å². The van der Waals surface area contributed by atoms with Gasteiger partial charge < -0.3 is 9.73 Å². The van der Waals surface area contributed by atoms with Gasteiger partial charge in [-0.05, 0) is 60.1 Å². The summed E-state index contributed by atoms with van der Waals surface area (Å²) in [7, 11) is 0. The van der Waals surface area contributed by atoms with Crippen molar-refractivity contribution < 1.29 is 4.42 Å². The number of fused-ring (bicyclic) bond motifs is 1. The van der Waals surface area contributed by atoms with Gasteiger partial charge in [0.25, 0.3) is 0 Å². The fourth-order valence-electron chi connectivity index (χ4n) is 2.44. The third-order valence-electron chi connectivity index (χ3n) is 3.45. The predicted molar refractivity (Wildman–Crippen MR) is 93.1 cm³/mol. The zero-order valence-corrected chi connectivity index (χ0v) is 14.6. The Bertz CT molecular complexity index is 746. The fourth-order valence-corrected chi connectivity index (χ4v) is 3.96. The zero-order valence-electron chi connectivity index (χ0n) is 12.2. The quantitative estimate of drug-likeness (QED) is 0.632. The third-order valence-corrected chi connectivity index (χ3v) is 5.20.